The average Bonchev–Trinajstić information content (AvgIpc) is 3.35. The Morgan fingerprint density at radius 2 is 2.00 bits per heavy atom. The third kappa shape index (κ3) is 4.97. The summed E-state index contributed by atoms with van der Waals surface area (Å²) in [7, 11) is -3.74. The molecule has 2 aromatic heterocycles. The molecule has 1 aliphatic rings. The van der Waals surface area contributed by atoms with E-state index >= 15 is 0 Å². The van der Waals surface area contributed by atoms with Crippen LogP contribution in [0.3, 0.4) is 0 Å². The monoisotopic (exact) mass is 496 g/mol. The van der Waals surface area contributed by atoms with Crippen LogP contribution in [-0.2, 0) is 21.2 Å². The summed E-state index contributed by atoms with van der Waals surface area (Å²) in [5.41, 5.74) is 0.650. The number of amides is 1. The number of carbonyl (C=O) groups is 1. The number of hydrogen-bond donors (Lipinski definition) is 1. The Morgan fingerprint density at radius 3 is 2.64 bits per heavy atom. The Bertz CT molecular complexity index is 1260. The molecule has 3 heterocycles. The molecule has 1 saturated heterocycles. The lowest BCUT2D eigenvalue weighted by molar-refractivity contribution is -0.120. The van der Waals surface area contributed by atoms with Gasteiger partial charge in [0.2, 0.25) is 15.9 Å². The third-order valence-corrected chi connectivity index (χ3v) is 8.61. The van der Waals surface area contributed by atoms with Gasteiger partial charge in [0.15, 0.2) is 10.9 Å². The lowest BCUT2D eigenvalue weighted by Crippen LogP contribution is -2.41. The number of nitrogens with zero attached hydrogens (tertiary/aromatic N) is 3. The summed E-state index contributed by atoms with van der Waals surface area (Å²) in [6.45, 7) is 3.55. The Labute approximate surface area is 193 Å². The molecule has 0 atom stereocenters. The Morgan fingerprint density at radius 1 is 1.27 bits per heavy atom. The molecular formula is C21H22F2N4O4S2. The number of hydrogen-bond acceptors (Lipinski definition) is 7. The van der Waals surface area contributed by atoms with Crippen molar-refractivity contribution in [2.75, 3.05) is 18.4 Å². The van der Waals surface area contributed by atoms with Crippen molar-refractivity contribution in [2.45, 2.75) is 38.0 Å². The van der Waals surface area contributed by atoms with Crippen LogP contribution >= 0.6 is 11.3 Å². The highest BCUT2D eigenvalue weighted by atomic mass is 32.2. The van der Waals surface area contributed by atoms with Crippen molar-refractivity contribution in [2.24, 2.45) is 5.92 Å². The van der Waals surface area contributed by atoms with Gasteiger partial charge >= 0.3 is 0 Å². The molecule has 3 aromatic rings. The molecule has 4 rings (SSSR count). The van der Waals surface area contributed by atoms with Gasteiger partial charge in [0, 0.05) is 42.6 Å². The van der Waals surface area contributed by atoms with Gasteiger partial charge in [-0.1, -0.05) is 11.2 Å². The van der Waals surface area contributed by atoms with Gasteiger partial charge in [-0.15, -0.1) is 11.3 Å². The van der Waals surface area contributed by atoms with Crippen LogP contribution in [-0.4, -0.2) is 41.9 Å². The van der Waals surface area contributed by atoms with Gasteiger partial charge in [0.25, 0.3) is 0 Å². The Kier molecular flexibility index (Phi) is 6.59. The summed E-state index contributed by atoms with van der Waals surface area (Å²) >= 11 is 1.21. The first-order valence-corrected chi connectivity index (χ1v) is 12.5. The zero-order valence-electron chi connectivity index (χ0n) is 18.0. The average molecular weight is 497 g/mol. The third-order valence-electron chi connectivity index (χ3n) is 5.55. The number of rotatable bonds is 6. The fourth-order valence-corrected chi connectivity index (χ4v) is 6.44. The number of aryl methyl sites for hydroxylation is 2. The lowest BCUT2D eigenvalue weighted by Gasteiger charge is -2.30. The van der Waals surface area contributed by atoms with Gasteiger partial charge in [-0.2, -0.15) is 4.31 Å². The maximum Gasteiger partial charge on any atom is 0.248 e. The summed E-state index contributed by atoms with van der Waals surface area (Å²) in [6, 6.07) is 3.41. The summed E-state index contributed by atoms with van der Waals surface area (Å²) in [6.07, 6.45) is 2.51. The second-order valence-electron chi connectivity index (χ2n) is 7.87. The first kappa shape index (κ1) is 23.5. The predicted octanol–water partition coefficient (Wildman–Crippen LogP) is 3.66. The summed E-state index contributed by atoms with van der Waals surface area (Å²) < 4.78 is 59.1. The van der Waals surface area contributed by atoms with E-state index in [0.29, 0.717) is 29.2 Å². The highest BCUT2D eigenvalue weighted by Gasteiger charge is 2.35. The number of nitrogens with one attached hydrogen (secondary N) is 1. The predicted molar refractivity (Wildman–Crippen MR) is 117 cm³/mol. The fourth-order valence-electron chi connectivity index (χ4n) is 3.84. The smallest absolute Gasteiger partial charge is 0.248 e. The molecule has 1 fully saturated rings. The molecule has 0 aliphatic carbocycles. The molecule has 1 aliphatic heterocycles. The largest absolute Gasteiger partial charge is 0.360 e. The van der Waals surface area contributed by atoms with Gasteiger partial charge in [0.05, 0.1) is 0 Å². The zero-order chi connectivity index (χ0) is 23.8. The molecule has 0 saturated carbocycles. The van der Waals surface area contributed by atoms with Crippen LogP contribution in [0.2, 0.25) is 0 Å². The summed E-state index contributed by atoms with van der Waals surface area (Å²) in [5.74, 6) is -1.62. The van der Waals surface area contributed by atoms with Crippen LogP contribution in [0, 0.1) is 31.4 Å². The highest BCUT2D eigenvalue weighted by molar-refractivity contribution is 7.89. The van der Waals surface area contributed by atoms with Crippen molar-refractivity contribution in [1.29, 1.82) is 0 Å². The first-order valence-electron chi connectivity index (χ1n) is 10.3. The van der Waals surface area contributed by atoms with E-state index in [-0.39, 0.29) is 42.0 Å². The van der Waals surface area contributed by atoms with E-state index in [9.17, 15) is 22.0 Å². The van der Waals surface area contributed by atoms with Gasteiger partial charge < -0.3 is 9.84 Å². The van der Waals surface area contributed by atoms with Crippen LogP contribution in [0.5, 0.6) is 0 Å². The molecule has 0 unspecified atom stereocenters. The van der Waals surface area contributed by atoms with E-state index < -0.39 is 21.7 Å². The van der Waals surface area contributed by atoms with Crippen molar-refractivity contribution >= 4 is 32.4 Å². The fraction of sp³-hybridized carbons (Fsp3) is 0.381. The minimum atomic E-state index is -3.74. The number of sulfonamides is 1. The highest BCUT2D eigenvalue weighted by Crippen LogP contribution is 2.29. The summed E-state index contributed by atoms with van der Waals surface area (Å²) in [5, 5.41) is 6.86. The zero-order valence-corrected chi connectivity index (χ0v) is 19.6. The van der Waals surface area contributed by atoms with Gasteiger partial charge in [-0.3, -0.25) is 4.79 Å². The van der Waals surface area contributed by atoms with E-state index in [4.69, 9.17) is 4.52 Å². The molecule has 8 nitrogen and oxygen atoms in total. The van der Waals surface area contributed by atoms with Crippen molar-refractivity contribution in [3.63, 3.8) is 0 Å². The van der Waals surface area contributed by atoms with Crippen LogP contribution in [0.4, 0.5) is 13.9 Å². The van der Waals surface area contributed by atoms with Crippen LogP contribution in [0.1, 0.15) is 34.7 Å². The number of thiazole rings is 1. The minimum absolute atomic E-state index is 0.0818. The van der Waals surface area contributed by atoms with Crippen molar-refractivity contribution < 1.29 is 26.5 Å². The molecule has 33 heavy (non-hydrogen) atoms. The molecule has 0 radical (unpaired) electrons. The molecule has 1 amide bonds. The second-order valence-corrected chi connectivity index (χ2v) is 10.9. The van der Waals surface area contributed by atoms with Crippen LogP contribution < -0.4 is 5.32 Å². The van der Waals surface area contributed by atoms with E-state index in [2.05, 4.69) is 15.5 Å². The Hall–Kier alpha value is -2.70. The lowest BCUT2D eigenvalue weighted by atomic mass is 9.97. The molecule has 176 valence electrons. The molecule has 12 heteroatoms. The number of aromatic nitrogens is 2. The van der Waals surface area contributed by atoms with Crippen molar-refractivity contribution in [3.05, 3.63) is 57.9 Å². The topological polar surface area (TPSA) is 105 Å². The van der Waals surface area contributed by atoms with Crippen LogP contribution in [0.15, 0.2) is 33.8 Å². The standard InChI is InChI=1S/C21H22F2N4O4S2/c1-12-19(13(2)31-26-12)33(29,30)27-7-5-14(6-8-27)20(28)25-21-24-11-17(32-21)9-15-3-4-16(22)10-18(15)23/h3-4,10-11,14H,5-9H2,1-2H3,(H,24,25,28). The van der Waals surface area contributed by atoms with E-state index in [1.165, 1.54) is 27.8 Å². The number of carbonyl (C=O) groups excluding carboxylic acids is 1. The van der Waals surface area contributed by atoms with E-state index in [1.54, 1.807) is 20.0 Å². The molecule has 1 aromatic carbocycles. The molecule has 0 bridgehead atoms. The maximum absolute atomic E-state index is 13.9. The molecule has 0 spiro atoms. The van der Waals surface area contributed by atoms with Crippen molar-refractivity contribution in [1.82, 2.24) is 14.4 Å². The number of halogens is 2. The van der Waals surface area contributed by atoms with E-state index in [1.807, 2.05) is 0 Å². The maximum atomic E-state index is 13.9. The van der Waals surface area contributed by atoms with Crippen molar-refractivity contribution in [3.8, 4) is 0 Å². The first-order chi connectivity index (χ1) is 15.6. The number of piperidine rings is 1. The van der Waals surface area contributed by atoms with Gasteiger partial charge in [-0.25, -0.2) is 22.2 Å². The molecular weight excluding hydrogens is 474 g/mol. The quantitative estimate of drug-likeness (QED) is 0.559. The Balaban J connectivity index is 1.34. The number of benzene rings is 1. The van der Waals surface area contributed by atoms with Gasteiger partial charge in [-0.05, 0) is 38.3 Å². The SMILES string of the molecule is Cc1noc(C)c1S(=O)(=O)N1CCC(C(=O)Nc2ncc(Cc3ccc(F)cc3F)s2)CC1. The van der Waals surface area contributed by atoms with E-state index in [0.717, 1.165) is 10.9 Å². The van der Waals surface area contributed by atoms with Crippen LogP contribution in [0.25, 0.3) is 0 Å². The minimum Gasteiger partial charge on any atom is -0.360 e. The normalized spacial score (nSPS) is 15.6. The summed E-state index contributed by atoms with van der Waals surface area (Å²) in [4.78, 5) is 17.6. The second kappa shape index (κ2) is 9.27. The van der Waals surface area contributed by atoms with Gasteiger partial charge in [0.1, 0.15) is 22.2 Å². The molecule has 1 N–H and O–H groups in total. The number of anilines is 1.